The fraction of sp³-hybridized carbons (Fsp3) is 0.615. The molecular formula is C13H21N5O2. The molecular weight excluding hydrogens is 258 g/mol. The van der Waals surface area contributed by atoms with Gasteiger partial charge in [0.1, 0.15) is 0 Å². The Morgan fingerprint density at radius 3 is 2.85 bits per heavy atom. The van der Waals surface area contributed by atoms with E-state index in [1.807, 2.05) is 0 Å². The number of nitrogens with zero attached hydrogens (tertiary/aromatic N) is 4. The number of nitrogens with one attached hydrogen (secondary N) is 1. The van der Waals surface area contributed by atoms with E-state index < -0.39 is 4.92 Å². The number of hydrogen-bond donors (Lipinski definition) is 1. The van der Waals surface area contributed by atoms with Crippen LogP contribution < -0.4 is 5.32 Å². The predicted molar refractivity (Wildman–Crippen MR) is 77.9 cm³/mol. The predicted octanol–water partition coefficient (Wildman–Crippen LogP) is 1.04. The summed E-state index contributed by atoms with van der Waals surface area (Å²) in [4.78, 5) is 19.2. The number of pyridine rings is 1. The van der Waals surface area contributed by atoms with Gasteiger partial charge in [0.2, 0.25) is 5.82 Å². The molecule has 20 heavy (non-hydrogen) atoms. The first-order chi connectivity index (χ1) is 9.66. The van der Waals surface area contributed by atoms with E-state index in [1.165, 1.54) is 6.07 Å². The van der Waals surface area contributed by atoms with Crippen LogP contribution in [0.5, 0.6) is 0 Å². The van der Waals surface area contributed by atoms with Gasteiger partial charge >= 0.3 is 5.69 Å². The summed E-state index contributed by atoms with van der Waals surface area (Å²) in [7, 11) is 2.14. The highest BCUT2D eigenvalue weighted by molar-refractivity contribution is 5.54. The molecule has 7 nitrogen and oxygen atoms in total. The Balaban J connectivity index is 1.72. The van der Waals surface area contributed by atoms with E-state index in [0.717, 1.165) is 39.1 Å². The first-order valence-corrected chi connectivity index (χ1v) is 6.91. The molecule has 0 bridgehead atoms. The van der Waals surface area contributed by atoms with Gasteiger partial charge in [-0.25, -0.2) is 4.98 Å². The third kappa shape index (κ3) is 4.14. The van der Waals surface area contributed by atoms with Crippen LogP contribution >= 0.6 is 0 Å². The molecule has 7 heteroatoms. The molecule has 1 saturated heterocycles. The van der Waals surface area contributed by atoms with Gasteiger partial charge in [0, 0.05) is 45.0 Å². The van der Waals surface area contributed by atoms with E-state index in [2.05, 4.69) is 27.1 Å². The van der Waals surface area contributed by atoms with E-state index in [0.29, 0.717) is 12.4 Å². The lowest BCUT2D eigenvalue weighted by atomic mass is 10.3. The highest BCUT2D eigenvalue weighted by atomic mass is 16.6. The van der Waals surface area contributed by atoms with Gasteiger partial charge in [-0.1, -0.05) is 0 Å². The lowest BCUT2D eigenvalue weighted by molar-refractivity contribution is -0.384. The molecule has 1 aromatic rings. The first-order valence-electron chi connectivity index (χ1n) is 6.91. The molecule has 0 saturated carbocycles. The maximum Gasteiger partial charge on any atom is 0.311 e. The second-order valence-electron chi connectivity index (χ2n) is 5.05. The molecule has 1 fully saturated rings. The summed E-state index contributed by atoms with van der Waals surface area (Å²) in [5.41, 5.74) is 0.0343. The standard InChI is InChI=1S/C13H21N5O2/c1-16-8-10-17(11-9-16)7-3-6-15-13-12(18(19)20)4-2-5-14-13/h2,4-5H,3,6-11H2,1H3,(H,14,15). The van der Waals surface area contributed by atoms with Crippen molar-refractivity contribution in [3.05, 3.63) is 28.4 Å². The summed E-state index contributed by atoms with van der Waals surface area (Å²) in [5, 5.41) is 13.9. The van der Waals surface area contributed by atoms with Crippen molar-refractivity contribution in [3.63, 3.8) is 0 Å². The molecule has 0 amide bonds. The Hall–Kier alpha value is -1.73. The quantitative estimate of drug-likeness (QED) is 0.476. The van der Waals surface area contributed by atoms with Gasteiger partial charge in [0.05, 0.1) is 4.92 Å². The minimum atomic E-state index is -0.407. The highest BCUT2D eigenvalue weighted by Crippen LogP contribution is 2.19. The third-order valence-corrected chi connectivity index (χ3v) is 3.52. The van der Waals surface area contributed by atoms with Gasteiger partial charge in [-0.3, -0.25) is 10.1 Å². The lowest BCUT2D eigenvalue weighted by Gasteiger charge is -2.32. The van der Waals surface area contributed by atoms with E-state index in [4.69, 9.17) is 0 Å². The zero-order chi connectivity index (χ0) is 14.4. The Morgan fingerprint density at radius 1 is 1.40 bits per heavy atom. The summed E-state index contributed by atoms with van der Waals surface area (Å²) < 4.78 is 0. The zero-order valence-corrected chi connectivity index (χ0v) is 11.8. The second kappa shape index (κ2) is 7.16. The summed E-state index contributed by atoms with van der Waals surface area (Å²) in [5.74, 6) is 0.357. The van der Waals surface area contributed by atoms with Crippen LogP contribution in [0.1, 0.15) is 6.42 Å². The molecule has 2 rings (SSSR count). The average Bonchev–Trinajstić information content (AvgIpc) is 2.46. The van der Waals surface area contributed by atoms with Crippen molar-refractivity contribution in [1.29, 1.82) is 0 Å². The van der Waals surface area contributed by atoms with E-state index in [9.17, 15) is 10.1 Å². The number of rotatable bonds is 6. The molecule has 0 unspecified atom stereocenters. The van der Waals surface area contributed by atoms with Crippen molar-refractivity contribution < 1.29 is 4.92 Å². The van der Waals surface area contributed by atoms with Gasteiger partial charge in [-0.2, -0.15) is 0 Å². The van der Waals surface area contributed by atoms with Gasteiger partial charge < -0.3 is 15.1 Å². The molecule has 1 aliphatic heterocycles. The van der Waals surface area contributed by atoms with Crippen LogP contribution in [0.2, 0.25) is 0 Å². The molecule has 0 spiro atoms. The SMILES string of the molecule is CN1CCN(CCCNc2ncccc2[N+](=O)[O-])CC1. The number of aromatic nitrogens is 1. The maximum atomic E-state index is 10.8. The van der Waals surface area contributed by atoms with Crippen LogP contribution in [0.15, 0.2) is 18.3 Å². The van der Waals surface area contributed by atoms with E-state index in [-0.39, 0.29) is 5.69 Å². The van der Waals surface area contributed by atoms with Gasteiger partial charge in [-0.05, 0) is 26.1 Å². The van der Waals surface area contributed by atoms with Gasteiger partial charge in [0.25, 0.3) is 0 Å². The minimum Gasteiger partial charge on any atom is -0.364 e. The maximum absolute atomic E-state index is 10.8. The van der Waals surface area contributed by atoms with Crippen molar-refractivity contribution in [1.82, 2.24) is 14.8 Å². The zero-order valence-electron chi connectivity index (χ0n) is 11.8. The average molecular weight is 279 g/mol. The summed E-state index contributed by atoms with van der Waals surface area (Å²) in [6, 6.07) is 3.04. The third-order valence-electron chi connectivity index (χ3n) is 3.52. The molecule has 1 N–H and O–H groups in total. The molecule has 0 atom stereocenters. The number of piperazine rings is 1. The topological polar surface area (TPSA) is 74.5 Å². The summed E-state index contributed by atoms with van der Waals surface area (Å²) >= 11 is 0. The van der Waals surface area contributed by atoms with Crippen LogP contribution in [0.3, 0.4) is 0 Å². The van der Waals surface area contributed by atoms with E-state index >= 15 is 0 Å². The van der Waals surface area contributed by atoms with Gasteiger partial charge in [-0.15, -0.1) is 0 Å². The van der Waals surface area contributed by atoms with Crippen LogP contribution in [0.25, 0.3) is 0 Å². The Morgan fingerprint density at radius 2 is 2.15 bits per heavy atom. The van der Waals surface area contributed by atoms with Crippen LogP contribution in [-0.2, 0) is 0 Å². The number of likely N-dealkylation sites (N-methyl/N-ethyl adjacent to an activating group) is 1. The Kier molecular flexibility index (Phi) is 5.25. The second-order valence-corrected chi connectivity index (χ2v) is 5.05. The summed E-state index contributed by atoms with van der Waals surface area (Å²) in [6.45, 7) is 6.13. The molecule has 0 aromatic carbocycles. The van der Waals surface area contributed by atoms with Crippen LogP contribution in [0, 0.1) is 10.1 Å². The number of hydrogen-bond acceptors (Lipinski definition) is 6. The smallest absolute Gasteiger partial charge is 0.311 e. The monoisotopic (exact) mass is 279 g/mol. The number of anilines is 1. The molecule has 1 aliphatic rings. The molecule has 2 heterocycles. The minimum absolute atomic E-state index is 0.0343. The lowest BCUT2D eigenvalue weighted by Crippen LogP contribution is -2.44. The summed E-state index contributed by atoms with van der Waals surface area (Å²) in [6.07, 6.45) is 2.52. The van der Waals surface area contributed by atoms with Crippen LogP contribution in [0.4, 0.5) is 11.5 Å². The largest absolute Gasteiger partial charge is 0.364 e. The van der Waals surface area contributed by atoms with Gasteiger partial charge in [0.15, 0.2) is 0 Å². The Labute approximate surface area is 118 Å². The van der Waals surface area contributed by atoms with Crippen molar-refractivity contribution in [2.75, 3.05) is 51.6 Å². The molecule has 1 aromatic heterocycles. The molecule has 0 radical (unpaired) electrons. The Bertz CT molecular complexity index is 446. The van der Waals surface area contributed by atoms with Crippen LogP contribution in [-0.4, -0.2) is 66.0 Å². The van der Waals surface area contributed by atoms with Crippen molar-refractivity contribution >= 4 is 11.5 Å². The van der Waals surface area contributed by atoms with Crippen molar-refractivity contribution in [2.24, 2.45) is 0 Å². The van der Waals surface area contributed by atoms with E-state index in [1.54, 1.807) is 12.3 Å². The van der Waals surface area contributed by atoms with Crippen molar-refractivity contribution in [2.45, 2.75) is 6.42 Å². The fourth-order valence-corrected chi connectivity index (χ4v) is 2.26. The number of nitro groups is 1. The van der Waals surface area contributed by atoms with Crippen molar-refractivity contribution in [3.8, 4) is 0 Å². The fourth-order valence-electron chi connectivity index (χ4n) is 2.26. The molecule has 0 aliphatic carbocycles. The molecule has 110 valence electrons. The first kappa shape index (κ1) is 14.7. The highest BCUT2D eigenvalue weighted by Gasteiger charge is 2.15. The normalized spacial score (nSPS) is 17.1.